The molecule has 0 aromatic carbocycles. The minimum Gasteiger partial charge on any atom is -0.380 e. The van der Waals surface area contributed by atoms with Crippen LogP contribution >= 0.6 is 0 Å². The molecule has 0 aromatic rings. The summed E-state index contributed by atoms with van der Waals surface area (Å²) in [4.78, 5) is 29.2. The number of hydroxylamine groups is 2. The largest absolute Gasteiger partial charge is 0.380 e. The molecule has 0 spiro atoms. The highest BCUT2D eigenvalue weighted by molar-refractivity contribution is 5.77. The van der Waals surface area contributed by atoms with E-state index in [2.05, 4.69) is 45.3 Å². The summed E-state index contributed by atoms with van der Waals surface area (Å²) in [6, 6.07) is 0. The van der Waals surface area contributed by atoms with Crippen LogP contribution in [0.3, 0.4) is 0 Å². The van der Waals surface area contributed by atoms with Gasteiger partial charge in [0.05, 0.1) is 20.3 Å². The Morgan fingerprint density at radius 3 is 1.51 bits per heavy atom. The maximum Gasteiger partial charge on any atom is 0.236 e. The molecule has 2 N–H and O–H groups in total. The number of hydrogen-bond acceptors (Lipinski definition) is 5. The van der Waals surface area contributed by atoms with Crippen molar-refractivity contribution < 1.29 is 19.2 Å². The fraction of sp³-hybridized carbons (Fsp3) is 0.933. The summed E-state index contributed by atoms with van der Waals surface area (Å²) in [7, 11) is 3.25. The van der Waals surface area contributed by atoms with Crippen molar-refractivity contribution in [2.45, 2.75) is 125 Å². The van der Waals surface area contributed by atoms with Crippen LogP contribution in [0.25, 0.3) is 0 Å². The molecule has 0 aliphatic heterocycles. The van der Waals surface area contributed by atoms with Crippen LogP contribution in [-0.4, -0.2) is 63.9 Å². The van der Waals surface area contributed by atoms with Crippen LogP contribution in [0.4, 0.5) is 0 Å². The van der Waals surface area contributed by atoms with Crippen LogP contribution in [-0.2, 0) is 19.2 Å². The van der Waals surface area contributed by atoms with E-state index in [9.17, 15) is 9.59 Å². The first-order valence-corrected chi connectivity index (χ1v) is 14.9. The lowest BCUT2D eigenvalue weighted by molar-refractivity contribution is -0.142. The van der Waals surface area contributed by atoms with Gasteiger partial charge in [-0.3, -0.25) is 9.59 Å². The summed E-state index contributed by atoms with van der Waals surface area (Å²) in [5.41, 5.74) is -0.332. The Morgan fingerprint density at radius 2 is 1.08 bits per heavy atom. The number of nitrogens with one attached hydrogen (secondary N) is 2. The van der Waals surface area contributed by atoms with Gasteiger partial charge in [-0.15, -0.1) is 0 Å². The summed E-state index contributed by atoms with van der Waals surface area (Å²) in [5.74, 6) is 0.0594. The number of nitrogens with zero attached hydrogens (tertiary/aromatic N) is 1. The van der Waals surface area contributed by atoms with Gasteiger partial charge in [-0.2, -0.15) is 5.06 Å². The smallest absolute Gasteiger partial charge is 0.236 e. The molecule has 0 radical (unpaired) electrons. The lowest BCUT2D eigenvalue weighted by Crippen LogP contribution is -2.42. The van der Waals surface area contributed by atoms with Crippen molar-refractivity contribution in [2.75, 3.05) is 47.0 Å². The SMILES string of the molecule is CCCCCCCCCCCCCCCC(=O)NCC(C)(C)COCC(C)(C)CNC(=O)CN(C)OC. The maximum atomic E-state index is 12.3. The van der Waals surface area contributed by atoms with E-state index in [1.54, 1.807) is 7.05 Å². The fourth-order valence-corrected chi connectivity index (χ4v) is 4.10. The zero-order chi connectivity index (χ0) is 28.0. The van der Waals surface area contributed by atoms with Crippen molar-refractivity contribution >= 4 is 11.8 Å². The second-order valence-electron chi connectivity index (χ2n) is 12.3. The molecule has 0 heterocycles. The molecule has 0 atom stereocenters. The molecule has 37 heavy (non-hydrogen) atoms. The first-order chi connectivity index (χ1) is 17.5. The third kappa shape index (κ3) is 23.7. The van der Waals surface area contributed by atoms with Gasteiger partial charge >= 0.3 is 0 Å². The molecule has 2 amide bonds. The quantitative estimate of drug-likeness (QED) is 0.108. The Balaban J connectivity index is 3.78. The topological polar surface area (TPSA) is 79.9 Å². The summed E-state index contributed by atoms with van der Waals surface area (Å²) in [6.07, 6.45) is 17.7. The van der Waals surface area contributed by atoms with Gasteiger partial charge < -0.3 is 20.2 Å². The summed E-state index contributed by atoms with van der Waals surface area (Å²) < 4.78 is 5.97. The lowest BCUT2D eigenvalue weighted by Gasteiger charge is -2.29. The molecule has 0 aromatic heterocycles. The minimum absolute atomic E-state index is 0.0797. The molecule has 0 saturated carbocycles. The van der Waals surface area contributed by atoms with Gasteiger partial charge in [0.25, 0.3) is 0 Å². The van der Waals surface area contributed by atoms with Crippen molar-refractivity contribution in [3.63, 3.8) is 0 Å². The second kappa shape index (κ2) is 21.7. The highest BCUT2D eigenvalue weighted by Crippen LogP contribution is 2.19. The average molecular weight is 528 g/mol. The van der Waals surface area contributed by atoms with Gasteiger partial charge in [0.15, 0.2) is 0 Å². The van der Waals surface area contributed by atoms with Crippen LogP contribution in [0, 0.1) is 10.8 Å². The predicted molar refractivity (Wildman–Crippen MR) is 154 cm³/mol. The van der Waals surface area contributed by atoms with Crippen molar-refractivity contribution in [3.05, 3.63) is 0 Å². The zero-order valence-corrected chi connectivity index (χ0v) is 25.5. The van der Waals surface area contributed by atoms with Crippen molar-refractivity contribution in [1.82, 2.24) is 15.7 Å². The van der Waals surface area contributed by atoms with E-state index in [0.29, 0.717) is 32.7 Å². The zero-order valence-electron chi connectivity index (χ0n) is 25.5. The standard InChI is InChI=1S/C30H61N3O4/c1-8-9-10-11-12-13-14-15-16-17-18-19-20-21-27(34)31-23-29(2,3)25-37-26-30(4,5)24-32-28(35)22-33(6)36-7/h8-26H2,1-7H3,(H,31,34)(H,32,35). The van der Waals surface area contributed by atoms with E-state index in [1.807, 2.05) is 0 Å². The lowest BCUT2D eigenvalue weighted by atomic mass is 9.93. The fourth-order valence-electron chi connectivity index (χ4n) is 4.10. The Labute approximate surface area is 229 Å². The highest BCUT2D eigenvalue weighted by Gasteiger charge is 2.24. The number of unbranched alkanes of at least 4 members (excludes halogenated alkanes) is 12. The van der Waals surface area contributed by atoms with Crippen LogP contribution in [0.2, 0.25) is 0 Å². The summed E-state index contributed by atoms with van der Waals surface area (Å²) in [5, 5.41) is 7.50. The molecular formula is C30H61N3O4. The number of amides is 2. The second-order valence-corrected chi connectivity index (χ2v) is 12.3. The Bertz CT molecular complexity index is 581. The van der Waals surface area contributed by atoms with E-state index in [1.165, 1.54) is 82.8 Å². The van der Waals surface area contributed by atoms with Gasteiger partial charge in [0, 0.05) is 37.4 Å². The normalized spacial score (nSPS) is 12.2. The van der Waals surface area contributed by atoms with Crippen LogP contribution in [0.15, 0.2) is 0 Å². The third-order valence-corrected chi connectivity index (χ3v) is 6.70. The van der Waals surface area contributed by atoms with Gasteiger partial charge in [-0.05, 0) is 6.42 Å². The molecule has 0 aliphatic rings. The number of hydrogen-bond donors (Lipinski definition) is 2. The van der Waals surface area contributed by atoms with E-state index in [-0.39, 0.29) is 29.2 Å². The average Bonchev–Trinajstić information content (AvgIpc) is 2.84. The maximum absolute atomic E-state index is 12.3. The number of likely N-dealkylation sites (N-methyl/N-ethyl adjacent to an activating group) is 1. The number of rotatable bonds is 25. The van der Waals surface area contributed by atoms with E-state index >= 15 is 0 Å². The number of carbonyl (C=O) groups is 2. The third-order valence-electron chi connectivity index (χ3n) is 6.70. The van der Waals surface area contributed by atoms with Gasteiger partial charge in [0.1, 0.15) is 6.54 Å². The van der Waals surface area contributed by atoms with Crippen molar-refractivity contribution in [3.8, 4) is 0 Å². The first-order valence-electron chi connectivity index (χ1n) is 14.9. The molecule has 0 aliphatic carbocycles. The monoisotopic (exact) mass is 527 g/mol. The van der Waals surface area contributed by atoms with Crippen molar-refractivity contribution in [1.29, 1.82) is 0 Å². The van der Waals surface area contributed by atoms with E-state index in [0.717, 1.165) is 12.8 Å². The number of ether oxygens (including phenoxy) is 1. The van der Waals surface area contributed by atoms with Gasteiger partial charge in [-0.1, -0.05) is 112 Å². The summed E-state index contributed by atoms with van der Waals surface area (Å²) in [6.45, 7) is 13.0. The van der Waals surface area contributed by atoms with Crippen molar-refractivity contribution in [2.24, 2.45) is 10.8 Å². The Morgan fingerprint density at radius 1 is 0.676 bits per heavy atom. The predicted octanol–water partition coefficient (Wildman–Crippen LogP) is 6.26. The summed E-state index contributed by atoms with van der Waals surface area (Å²) >= 11 is 0. The van der Waals surface area contributed by atoms with Gasteiger partial charge in [-0.25, -0.2) is 0 Å². The van der Waals surface area contributed by atoms with E-state index < -0.39 is 0 Å². The Kier molecular flexibility index (Phi) is 21.0. The molecule has 0 fully saturated rings. The van der Waals surface area contributed by atoms with Crippen LogP contribution in [0.1, 0.15) is 125 Å². The molecule has 220 valence electrons. The minimum atomic E-state index is -0.186. The van der Waals surface area contributed by atoms with E-state index in [4.69, 9.17) is 9.57 Å². The highest BCUT2D eigenvalue weighted by atomic mass is 16.7. The van der Waals surface area contributed by atoms with Crippen LogP contribution in [0.5, 0.6) is 0 Å². The molecule has 0 saturated heterocycles. The molecular weight excluding hydrogens is 466 g/mol. The number of carbonyl (C=O) groups excluding carboxylic acids is 2. The van der Waals surface area contributed by atoms with Gasteiger partial charge in [0.2, 0.25) is 11.8 Å². The molecule has 0 unspecified atom stereocenters. The molecule has 7 heteroatoms. The van der Waals surface area contributed by atoms with Crippen LogP contribution < -0.4 is 10.6 Å². The first kappa shape index (κ1) is 35.8. The molecule has 0 bridgehead atoms. The molecule has 7 nitrogen and oxygen atoms in total. The Hall–Kier alpha value is -1.18. The molecule has 0 rings (SSSR count).